The van der Waals surface area contributed by atoms with Gasteiger partial charge in [0.2, 0.25) is 5.91 Å². The molecule has 1 aromatic carbocycles. The second-order valence-electron chi connectivity index (χ2n) is 15.7. The fraction of sp³-hybridized carbons (Fsp3) is 0.538. The van der Waals surface area contributed by atoms with Crippen molar-refractivity contribution in [3.05, 3.63) is 60.4 Å². The molecule has 0 unspecified atom stereocenters. The first-order chi connectivity index (χ1) is 24.3. The zero-order valence-electron chi connectivity index (χ0n) is 29.3. The second kappa shape index (κ2) is 12.4. The zero-order valence-corrected chi connectivity index (χ0v) is 29.3. The number of anilines is 3. The lowest BCUT2D eigenvalue weighted by Gasteiger charge is -2.49. The number of nitrogens with one attached hydrogen (secondary N) is 1. The Balaban J connectivity index is 1.09. The summed E-state index contributed by atoms with van der Waals surface area (Å²) in [7, 11) is 0. The van der Waals surface area contributed by atoms with Crippen molar-refractivity contribution in [2.24, 2.45) is 5.92 Å². The highest BCUT2D eigenvalue weighted by Gasteiger charge is 2.56. The smallest absolute Gasteiger partial charge is 0.238 e. The van der Waals surface area contributed by atoms with Gasteiger partial charge >= 0.3 is 0 Å². The minimum atomic E-state index is -0.501. The molecule has 4 fully saturated rings. The van der Waals surface area contributed by atoms with Gasteiger partial charge in [-0.15, -0.1) is 0 Å². The Morgan fingerprint density at radius 2 is 1.84 bits per heavy atom. The predicted molar refractivity (Wildman–Crippen MR) is 192 cm³/mol. The molecule has 1 N–H and O–H groups in total. The van der Waals surface area contributed by atoms with E-state index in [-0.39, 0.29) is 18.0 Å². The molecule has 5 aliphatic rings. The molecule has 4 aliphatic heterocycles. The van der Waals surface area contributed by atoms with Gasteiger partial charge in [-0.1, -0.05) is 19.1 Å². The number of amides is 1. The molecule has 7 heterocycles. The lowest BCUT2D eigenvalue weighted by molar-refractivity contribution is -0.128. The highest BCUT2D eigenvalue weighted by atomic mass is 19.1. The van der Waals surface area contributed by atoms with E-state index in [9.17, 15) is 9.18 Å². The van der Waals surface area contributed by atoms with E-state index in [1.807, 2.05) is 12.4 Å². The minimum Gasteiger partial charge on any atom is -0.378 e. The van der Waals surface area contributed by atoms with Crippen molar-refractivity contribution in [1.82, 2.24) is 29.3 Å². The molecule has 9 rings (SSSR count). The number of likely N-dealkylation sites (tertiary alicyclic amines) is 2. The SMILES string of the molecule is CC(C)n1cnc2cc(-c3ccc4c(c3)N(C3CC(N5CCC[C@H](C)C5)C3)C(=O)C43CCN(C4COC4)CC3)nc(Nc3ccncc3F)c21. The van der Waals surface area contributed by atoms with Gasteiger partial charge < -0.3 is 19.5 Å². The van der Waals surface area contributed by atoms with Gasteiger partial charge in [0, 0.05) is 42.1 Å². The largest absolute Gasteiger partial charge is 0.378 e. The van der Waals surface area contributed by atoms with Crippen molar-refractivity contribution in [2.75, 3.05) is 49.6 Å². The maximum absolute atomic E-state index is 14.8. The number of halogens is 1. The summed E-state index contributed by atoms with van der Waals surface area (Å²) in [6.45, 7) is 12.3. The van der Waals surface area contributed by atoms with Crippen LogP contribution in [0.1, 0.15) is 70.9 Å². The number of hydrogen-bond donors (Lipinski definition) is 1. The molecule has 4 aromatic rings. The third-order valence-corrected chi connectivity index (χ3v) is 12.3. The first kappa shape index (κ1) is 32.0. The van der Waals surface area contributed by atoms with Crippen molar-refractivity contribution in [3.63, 3.8) is 0 Å². The Bertz CT molecular complexity index is 1930. The Kier molecular flexibility index (Phi) is 7.93. The van der Waals surface area contributed by atoms with Crippen LogP contribution in [-0.2, 0) is 14.9 Å². The lowest BCUT2D eigenvalue weighted by atomic mass is 9.73. The van der Waals surface area contributed by atoms with Gasteiger partial charge in [-0.3, -0.25) is 19.6 Å². The van der Waals surface area contributed by atoms with Crippen molar-refractivity contribution in [1.29, 1.82) is 0 Å². The third-order valence-electron chi connectivity index (χ3n) is 12.3. The molecule has 262 valence electrons. The zero-order chi connectivity index (χ0) is 34.1. The molecule has 1 aliphatic carbocycles. The molecule has 3 aromatic heterocycles. The third kappa shape index (κ3) is 5.23. The van der Waals surface area contributed by atoms with E-state index in [1.54, 1.807) is 12.3 Å². The van der Waals surface area contributed by atoms with Crippen LogP contribution in [-0.4, -0.2) is 92.7 Å². The number of aromatic nitrogens is 4. The topological polar surface area (TPSA) is 91.7 Å². The molecule has 10 nitrogen and oxygen atoms in total. The molecule has 1 amide bonds. The number of pyridine rings is 2. The van der Waals surface area contributed by atoms with Crippen LogP contribution < -0.4 is 10.2 Å². The maximum atomic E-state index is 14.8. The van der Waals surface area contributed by atoms with Gasteiger partial charge in [-0.2, -0.15) is 0 Å². The summed E-state index contributed by atoms with van der Waals surface area (Å²) in [5.41, 5.74) is 5.23. The molecule has 3 saturated heterocycles. The number of rotatable bonds is 7. The molecule has 0 bridgehead atoms. The predicted octanol–water partition coefficient (Wildman–Crippen LogP) is 6.30. The maximum Gasteiger partial charge on any atom is 0.238 e. The van der Waals surface area contributed by atoms with Crippen LogP contribution >= 0.6 is 0 Å². The highest BCUT2D eigenvalue weighted by molar-refractivity contribution is 6.09. The average molecular weight is 679 g/mol. The number of fused-ring (bicyclic) bond motifs is 3. The fourth-order valence-electron chi connectivity index (χ4n) is 9.22. The van der Waals surface area contributed by atoms with Gasteiger partial charge in [0.25, 0.3) is 0 Å². The number of carbonyl (C=O) groups is 1. The second-order valence-corrected chi connectivity index (χ2v) is 15.7. The van der Waals surface area contributed by atoms with Crippen molar-refractivity contribution >= 4 is 34.1 Å². The van der Waals surface area contributed by atoms with E-state index in [0.717, 1.165) is 98.0 Å². The molecule has 50 heavy (non-hydrogen) atoms. The summed E-state index contributed by atoms with van der Waals surface area (Å²) < 4.78 is 22.4. The molecule has 1 spiro atoms. The van der Waals surface area contributed by atoms with Crippen LogP contribution in [0.5, 0.6) is 0 Å². The number of benzene rings is 1. The summed E-state index contributed by atoms with van der Waals surface area (Å²) in [6, 6.07) is 11.5. The van der Waals surface area contributed by atoms with E-state index < -0.39 is 11.2 Å². The quantitative estimate of drug-likeness (QED) is 0.244. The van der Waals surface area contributed by atoms with E-state index in [0.29, 0.717) is 23.6 Å². The normalized spacial score (nSPS) is 25.7. The van der Waals surface area contributed by atoms with Gasteiger partial charge in [0.1, 0.15) is 5.52 Å². The van der Waals surface area contributed by atoms with E-state index in [1.165, 1.54) is 25.6 Å². The first-order valence-electron chi connectivity index (χ1n) is 18.6. The van der Waals surface area contributed by atoms with Crippen LogP contribution in [0.2, 0.25) is 0 Å². The molecular weight excluding hydrogens is 631 g/mol. The van der Waals surface area contributed by atoms with E-state index >= 15 is 0 Å². The number of piperidine rings is 2. The number of carbonyl (C=O) groups excluding carboxylic acids is 1. The number of imidazole rings is 1. The minimum absolute atomic E-state index is 0.133. The molecule has 11 heteroatoms. The molecule has 1 saturated carbocycles. The average Bonchev–Trinajstić information content (AvgIpc) is 3.60. The van der Waals surface area contributed by atoms with Crippen molar-refractivity contribution < 1.29 is 13.9 Å². The Labute approximate surface area is 293 Å². The van der Waals surface area contributed by atoms with Gasteiger partial charge in [0.05, 0.1) is 54.1 Å². The summed E-state index contributed by atoms with van der Waals surface area (Å²) in [4.78, 5) is 36.0. The fourth-order valence-corrected chi connectivity index (χ4v) is 9.22. The van der Waals surface area contributed by atoms with Crippen LogP contribution in [0.25, 0.3) is 22.3 Å². The summed E-state index contributed by atoms with van der Waals surface area (Å²) in [5, 5.41) is 3.25. The summed E-state index contributed by atoms with van der Waals surface area (Å²) in [5.74, 6) is 1.09. The Morgan fingerprint density at radius 1 is 1.02 bits per heavy atom. The van der Waals surface area contributed by atoms with E-state index in [4.69, 9.17) is 14.7 Å². The van der Waals surface area contributed by atoms with Crippen molar-refractivity contribution in [3.8, 4) is 11.3 Å². The first-order valence-corrected chi connectivity index (χ1v) is 18.6. The summed E-state index contributed by atoms with van der Waals surface area (Å²) in [6.07, 6.45) is 10.9. The van der Waals surface area contributed by atoms with Crippen LogP contribution in [0, 0.1) is 11.7 Å². The van der Waals surface area contributed by atoms with Gasteiger partial charge in [-0.25, -0.2) is 14.4 Å². The summed E-state index contributed by atoms with van der Waals surface area (Å²) >= 11 is 0. The lowest BCUT2D eigenvalue weighted by Crippen LogP contribution is -2.60. The molecule has 1 atom stereocenters. The van der Waals surface area contributed by atoms with Gasteiger partial charge in [0.15, 0.2) is 11.6 Å². The molecular formula is C39H47FN8O2. The Morgan fingerprint density at radius 3 is 2.56 bits per heavy atom. The van der Waals surface area contributed by atoms with E-state index in [2.05, 4.69) is 68.5 Å². The van der Waals surface area contributed by atoms with Gasteiger partial charge in [-0.05, 0) is 102 Å². The number of hydrogen-bond acceptors (Lipinski definition) is 8. The van der Waals surface area contributed by atoms with Crippen LogP contribution in [0.3, 0.4) is 0 Å². The van der Waals surface area contributed by atoms with Crippen LogP contribution in [0.4, 0.5) is 21.6 Å². The number of nitrogens with zero attached hydrogens (tertiary/aromatic N) is 7. The standard InChI is InChI=1S/C39H47FN8O2/c1-24(2)47-23-42-34-18-33(44-37(36(34)47)43-32-8-11-41-19-31(32)40)26-6-7-30-35(15-26)48(28-16-27(17-28)46-12-4-5-25(3)20-46)38(49)39(30)9-13-45(14-10-39)29-21-50-22-29/h6-8,11,15,18-19,23-25,27-29H,4-5,9-10,12-14,16-17,20-22H2,1-3H3,(H,41,43,44)/t25-,27?,28?/m0/s1. The Hall–Kier alpha value is -3.93. The highest BCUT2D eigenvalue weighted by Crippen LogP contribution is 2.52. The number of ether oxygens (including phenoxy) is 1. The monoisotopic (exact) mass is 678 g/mol. The van der Waals surface area contributed by atoms with Crippen LogP contribution in [0.15, 0.2) is 49.1 Å². The van der Waals surface area contributed by atoms with Crippen molar-refractivity contribution in [2.45, 2.75) is 88.9 Å². The molecule has 0 radical (unpaired) electrons.